The highest BCUT2D eigenvalue weighted by molar-refractivity contribution is 5.82. The first-order valence-electron chi connectivity index (χ1n) is 10.2. The van der Waals surface area contributed by atoms with E-state index in [4.69, 9.17) is 24.7 Å². The van der Waals surface area contributed by atoms with Crippen LogP contribution >= 0.6 is 0 Å². The van der Waals surface area contributed by atoms with E-state index in [1.54, 1.807) is 18.4 Å². The number of rotatable bonds is 5. The van der Waals surface area contributed by atoms with Gasteiger partial charge in [0.2, 0.25) is 0 Å². The molecule has 3 atom stereocenters. The fourth-order valence-corrected chi connectivity index (χ4v) is 4.56. The molecule has 0 aromatic carbocycles. The van der Waals surface area contributed by atoms with Gasteiger partial charge < -0.3 is 24.7 Å². The Hall–Kier alpha value is -2.11. The molecule has 0 bridgehead atoms. The number of imidazole rings is 1. The van der Waals surface area contributed by atoms with Crippen LogP contribution in [0.4, 0.5) is 14.6 Å². The quantitative estimate of drug-likeness (QED) is 0.779. The van der Waals surface area contributed by atoms with Gasteiger partial charge in [-0.15, -0.1) is 0 Å². The fourth-order valence-electron chi connectivity index (χ4n) is 4.56. The molecule has 0 radical (unpaired) electrons. The average molecular weight is 425 g/mol. The molecule has 1 saturated carbocycles. The number of ether oxygens (including phenoxy) is 4. The van der Waals surface area contributed by atoms with Crippen LogP contribution in [0.5, 0.6) is 6.01 Å². The molecule has 5 rings (SSSR count). The summed E-state index contributed by atoms with van der Waals surface area (Å²) in [7, 11) is 0. The molecule has 30 heavy (non-hydrogen) atoms. The lowest BCUT2D eigenvalue weighted by atomic mass is 9.98. The molecule has 1 aliphatic carbocycles. The zero-order valence-electron chi connectivity index (χ0n) is 16.9. The van der Waals surface area contributed by atoms with Crippen LogP contribution in [0, 0.1) is 0 Å². The number of halogens is 2. The Morgan fingerprint density at radius 1 is 1.17 bits per heavy atom. The van der Waals surface area contributed by atoms with E-state index in [9.17, 15) is 8.78 Å². The number of alkyl halides is 2. The van der Waals surface area contributed by atoms with Crippen LogP contribution in [0.1, 0.15) is 45.8 Å². The number of hydrogen-bond donors (Lipinski definition) is 1. The van der Waals surface area contributed by atoms with Gasteiger partial charge in [-0.05, 0) is 39.5 Å². The van der Waals surface area contributed by atoms with Crippen LogP contribution in [0.2, 0.25) is 0 Å². The van der Waals surface area contributed by atoms with Gasteiger partial charge in [0, 0.05) is 0 Å². The van der Waals surface area contributed by atoms with E-state index in [-0.39, 0.29) is 17.9 Å². The molecule has 2 aromatic heterocycles. The van der Waals surface area contributed by atoms with Crippen molar-refractivity contribution in [3.05, 3.63) is 6.33 Å². The maximum absolute atomic E-state index is 13.9. The molecule has 2 N–H and O–H groups in total. The summed E-state index contributed by atoms with van der Waals surface area (Å²) >= 11 is 0. The van der Waals surface area contributed by atoms with Crippen LogP contribution in [-0.4, -0.2) is 62.6 Å². The first-order valence-corrected chi connectivity index (χ1v) is 10.2. The van der Waals surface area contributed by atoms with E-state index < -0.39 is 43.2 Å². The Labute approximate surface area is 171 Å². The summed E-state index contributed by atoms with van der Waals surface area (Å²) in [6.45, 7) is 1.29. The topological polar surface area (TPSA) is 107 Å². The predicted molar refractivity (Wildman–Crippen MR) is 101 cm³/mol. The maximum atomic E-state index is 13.9. The van der Waals surface area contributed by atoms with E-state index in [1.807, 2.05) is 0 Å². The molecule has 3 fully saturated rings. The lowest BCUT2D eigenvalue weighted by Crippen LogP contribution is -2.47. The maximum Gasteiger partial charge on any atom is 0.320 e. The normalized spacial score (nSPS) is 30.2. The highest BCUT2D eigenvalue weighted by atomic mass is 19.1. The second-order valence-corrected chi connectivity index (χ2v) is 8.60. The number of nitrogens with two attached hydrogens (primary N) is 1. The Kier molecular flexibility index (Phi) is 4.60. The van der Waals surface area contributed by atoms with Gasteiger partial charge >= 0.3 is 6.01 Å². The lowest BCUT2D eigenvalue weighted by molar-refractivity contribution is -0.225. The van der Waals surface area contributed by atoms with Crippen LogP contribution in [0.15, 0.2) is 6.33 Å². The molecule has 2 aliphatic heterocycles. The second-order valence-electron chi connectivity index (χ2n) is 8.60. The smallest absolute Gasteiger partial charge is 0.320 e. The summed E-state index contributed by atoms with van der Waals surface area (Å²) in [6, 6.07) is 0.148. The van der Waals surface area contributed by atoms with Crippen molar-refractivity contribution in [2.75, 3.05) is 19.1 Å². The minimum absolute atomic E-state index is 0.0448. The van der Waals surface area contributed by atoms with Crippen molar-refractivity contribution >= 4 is 17.0 Å². The van der Waals surface area contributed by atoms with Gasteiger partial charge in [-0.1, -0.05) is 0 Å². The predicted octanol–water partition coefficient (Wildman–Crippen LogP) is 2.46. The van der Waals surface area contributed by atoms with Crippen molar-refractivity contribution in [1.82, 2.24) is 19.5 Å². The molecule has 2 saturated heterocycles. The molecule has 11 heteroatoms. The van der Waals surface area contributed by atoms with Crippen molar-refractivity contribution in [3.63, 3.8) is 0 Å². The fraction of sp³-hybridized carbons (Fsp3) is 0.737. The number of nitrogen functional groups attached to an aromatic ring is 1. The van der Waals surface area contributed by atoms with Gasteiger partial charge in [-0.2, -0.15) is 9.97 Å². The number of anilines is 1. The van der Waals surface area contributed by atoms with E-state index in [0.29, 0.717) is 11.2 Å². The van der Waals surface area contributed by atoms with Gasteiger partial charge in [-0.25, -0.2) is 13.8 Å². The third-order valence-electron chi connectivity index (χ3n) is 6.01. The summed E-state index contributed by atoms with van der Waals surface area (Å²) in [4.78, 5) is 13.0. The summed E-state index contributed by atoms with van der Waals surface area (Å²) < 4.78 is 52.9. The lowest BCUT2D eigenvalue weighted by Gasteiger charge is -2.30. The molecule has 4 heterocycles. The SMILES string of the molecule is CC1(C)O[C@H]2[C@H](n3cnc4c(N)nc(OC5CCCC5)nc43)OC(CF)(CF)[C@H]2O1. The number of hydrogen-bond acceptors (Lipinski definition) is 8. The summed E-state index contributed by atoms with van der Waals surface area (Å²) in [5.41, 5.74) is 5.01. The highest BCUT2D eigenvalue weighted by Crippen LogP contribution is 2.49. The molecule has 9 nitrogen and oxygen atoms in total. The molecule has 0 spiro atoms. The van der Waals surface area contributed by atoms with Crippen LogP contribution in [-0.2, 0) is 14.2 Å². The van der Waals surface area contributed by atoms with Gasteiger partial charge in [0.25, 0.3) is 0 Å². The minimum atomic E-state index is -1.76. The van der Waals surface area contributed by atoms with Crippen LogP contribution in [0.25, 0.3) is 11.2 Å². The van der Waals surface area contributed by atoms with Crippen molar-refractivity contribution in [2.24, 2.45) is 0 Å². The number of aromatic nitrogens is 4. The Morgan fingerprint density at radius 3 is 2.60 bits per heavy atom. The number of nitrogens with zero attached hydrogens (tertiary/aromatic N) is 4. The highest BCUT2D eigenvalue weighted by Gasteiger charge is 2.64. The van der Waals surface area contributed by atoms with E-state index in [0.717, 1.165) is 25.7 Å². The van der Waals surface area contributed by atoms with Crippen molar-refractivity contribution in [3.8, 4) is 6.01 Å². The zero-order chi connectivity index (χ0) is 21.1. The Bertz CT molecular complexity index is 944. The van der Waals surface area contributed by atoms with Crippen molar-refractivity contribution in [1.29, 1.82) is 0 Å². The van der Waals surface area contributed by atoms with E-state index >= 15 is 0 Å². The monoisotopic (exact) mass is 425 g/mol. The first kappa shape index (κ1) is 19.8. The molecular weight excluding hydrogens is 400 g/mol. The standard InChI is InChI=1S/C19H25F2N5O4/c1-18(2)28-12-13(29-18)19(7-20,8-21)30-16(12)26-9-23-11-14(22)24-17(25-15(11)26)27-10-5-3-4-6-10/h9-10,12-13,16H,3-8H2,1-2H3,(H2,22,24,25)/t12-,13+,16-/m1/s1. The number of fused-ring (bicyclic) bond motifs is 2. The van der Waals surface area contributed by atoms with Crippen LogP contribution in [0.3, 0.4) is 0 Å². The molecule has 0 unspecified atom stereocenters. The molecule has 2 aromatic rings. The molecule has 0 amide bonds. The van der Waals surface area contributed by atoms with E-state index in [1.165, 1.54) is 6.33 Å². The second kappa shape index (κ2) is 6.96. The van der Waals surface area contributed by atoms with Crippen LogP contribution < -0.4 is 10.5 Å². The van der Waals surface area contributed by atoms with Crippen molar-refractivity contribution < 1.29 is 27.7 Å². The third-order valence-corrected chi connectivity index (χ3v) is 6.01. The van der Waals surface area contributed by atoms with Gasteiger partial charge in [0.05, 0.1) is 6.33 Å². The largest absolute Gasteiger partial charge is 0.460 e. The van der Waals surface area contributed by atoms with Gasteiger partial charge in [0.15, 0.2) is 34.6 Å². The first-order chi connectivity index (χ1) is 14.4. The summed E-state index contributed by atoms with van der Waals surface area (Å²) in [5, 5.41) is 0. The summed E-state index contributed by atoms with van der Waals surface area (Å²) in [6.07, 6.45) is 3.00. The zero-order valence-corrected chi connectivity index (χ0v) is 16.9. The molecular formula is C19H25F2N5O4. The molecule has 3 aliphatic rings. The van der Waals surface area contributed by atoms with E-state index in [2.05, 4.69) is 15.0 Å². The minimum Gasteiger partial charge on any atom is -0.460 e. The van der Waals surface area contributed by atoms with Gasteiger partial charge in [-0.3, -0.25) is 4.57 Å². The molecule has 164 valence electrons. The average Bonchev–Trinajstić information content (AvgIpc) is 3.46. The Morgan fingerprint density at radius 2 is 1.90 bits per heavy atom. The van der Waals surface area contributed by atoms with Crippen molar-refractivity contribution in [2.45, 2.75) is 75.5 Å². The Balaban J connectivity index is 1.54. The summed E-state index contributed by atoms with van der Waals surface area (Å²) in [5.74, 6) is -0.846. The van der Waals surface area contributed by atoms with Gasteiger partial charge in [0.1, 0.15) is 31.7 Å². The third kappa shape index (κ3) is 3.02.